The molecule has 3 fully saturated rings. The van der Waals surface area contributed by atoms with Crippen LogP contribution in [0.1, 0.15) is 39.7 Å². The third-order valence-electron chi connectivity index (χ3n) is 10.4. The Bertz CT molecular complexity index is 1460. The number of nitrogens with zero attached hydrogens (tertiary/aromatic N) is 3. The summed E-state index contributed by atoms with van der Waals surface area (Å²) in [6, 6.07) is 15.1. The summed E-state index contributed by atoms with van der Waals surface area (Å²) in [5.74, 6) is -2.23. The Morgan fingerprint density at radius 3 is 2.30 bits per heavy atom. The molecule has 246 valence electrons. The molecule has 3 amide bonds. The first-order valence-corrected chi connectivity index (χ1v) is 16.1. The third-order valence-corrected chi connectivity index (χ3v) is 10.4. The zero-order valence-corrected chi connectivity index (χ0v) is 27.6. The number of ether oxygens (including phenoxy) is 2. The monoisotopic (exact) mass is 629 g/mol. The van der Waals surface area contributed by atoms with Gasteiger partial charge in [-0.1, -0.05) is 63.3 Å². The van der Waals surface area contributed by atoms with Crippen LogP contribution in [0.3, 0.4) is 0 Å². The molecule has 2 aromatic carbocycles. The lowest BCUT2D eigenvalue weighted by atomic mass is 9.62. The van der Waals surface area contributed by atoms with E-state index < -0.39 is 35.1 Å². The van der Waals surface area contributed by atoms with Gasteiger partial charge in [0.05, 0.1) is 37.2 Å². The molecule has 3 aliphatic heterocycles. The van der Waals surface area contributed by atoms with Crippen LogP contribution < -0.4 is 9.64 Å². The highest BCUT2D eigenvalue weighted by Crippen LogP contribution is 2.66. The average molecular weight is 630 g/mol. The maximum atomic E-state index is 15.0. The van der Waals surface area contributed by atoms with E-state index in [-0.39, 0.29) is 42.7 Å². The lowest BCUT2D eigenvalue weighted by Crippen LogP contribution is -2.60. The molecular formula is C37H47N3O6. The summed E-state index contributed by atoms with van der Waals surface area (Å²) < 4.78 is 12.3. The lowest BCUT2D eigenvalue weighted by molar-refractivity contribution is -0.154. The van der Waals surface area contributed by atoms with E-state index in [9.17, 15) is 19.5 Å². The van der Waals surface area contributed by atoms with E-state index in [4.69, 9.17) is 9.47 Å². The van der Waals surface area contributed by atoms with Crippen molar-refractivity contribution in [2.75, 3.05) is 31.7 Å². The molecule has 0 saturated carbocycles. The van der Waals surface area contributed by atoms with Gasteiger partial charge in [0.1, 0.15) is 17.4 Å². The molecule has 0 aromatic heterocycles. The molecule has 1 spiro atoms. The zero-order chi connectivity index (χ0) is 33.4. The van der Waals surface area contributed by atoms with Crippen molar-refractivity contribution >= 4 is 23.4 Å². The lowest BCUT2D eigenvalue weighted by Gasteiger charge is -2.40. The highest BCUT2D eigenvalue weighted by Gasteiger charge is 2.80. The minimum absolute atomic E-state index is 0.122. The minimum Gasteiger partial charge on any atom is -0.497 e. The molecule has 9 heteroatoms. The van der Waals surface area contributed by atoms with E-state index in [0.29, 0.717) is 30.9 Å². The van der Waals surface area contributed by atoms with Crippen LogP contribution in [0.25, 0.3) is 0 Å². The molecule has 0 aliphatic carbocycles. The van der Waals surface area contributed by atoms with Crippen molar-refractivity contribution in [3.8, 4) is 5.75 Å². The van der Waals surface area contributed by atoms with Crippen molar-refractivity contribution in [3.63, 3.8) is 0 Å². The molecule has 3 heterocycles. The SMILES string of the molecule is C=CCN(Cc1ccccc1)C(=O)[C@H]1[C@H]2C(=O)N([C@@H](CO)C(C)C)C(C(=O)N(CC=C)c3ccc(OC)cc3)C23CC(C)[C@]1(C)O3. The van der Waals surface area contributed by atoms with Gasteiger partial charge in [0.15, 0.2) is 0 Å². The standard InChI is InChI=1S/C37H47N3O6/c1-8-19-38(22-26-13-11-10-12-14-26)33(42)30-31-34(43)40(29(23-41)24(3)4)32(37(31)21-25(5)36(30,6)46-37)35(44)39(20-9-2)27-15-17-28(45-7)18-16-27/h8-18,24-25,29-32,41H,1-2,19-23H2,3-7H3/t25?,29-,30+,31-,32?,36-,37?/m0/s1. The summed E-state index contributed by atoms with van der Waals surface area (Å²) in [4.78, 5) is 49.4. The zero-order valence-electron chi connectivity index (χ0n) is 27.6. The predicted octanol–water partition coefficient (Wildman–Crippen LogP) is 4.46. The smallest absolute Gasteiger partial charge is 0.253 e. The molecule has 3 aliphatic rings. The number of aliphatic hydroxyl groups excluding tert-OH is 1. The molecule has 1 N–H and O–H groups in total. The van der Waals surface area contributed by atoms with E-state index in [0.717, 1.165) is 5.56 Å². The number of benzene rings is 2. The Kier molecular flexibility index (Phi) is 9.47. The van der Waals surface area contributed by atoms with E-state index in [1.54, 1.807) is 58.2 Å². The van der Waals surface area contributed by atoms with Gasteiger partial charge in [0, 0.05) is 25.3 Å². The fourth-order valence-corrected chi connectivity index (χ4v) is 8.06. The summed E-state index contributed by atoms with van der Waals surface area (Å²) in [6.45, 7) is 16.1. The van der Waals surface area contributed by atoms with E-state index in [1.807, 2.05) is 58.0 Å². The van der Waals surface area contributed by atoms with Crippen molar-refractivity contribution in [1.82, 2.24) is 9.80 Å². The highest BCUT2D eigenvalue weighted by molar-refractivity contribution is 6.05. The molecule has 2 aromatic rings. The molecule has 3 saturated heterocycles. The summed E-state index contributed by atoms with van der Waals surface area (Å²) in [7, 11) is 1.58. The van der Waals surface area contributed by atoms with Crippen molar-refractivity contribution in [2.45, 2.75) is 63.9 Å². The van der Waals surface area contributed by atoms with Gasteiger partial charge in [-0.25, -0.2) is 0 Å². The minimum atomic E-state index is -1.26. The molecule has 5 rings (SSSR count). The number of rotatable bonds is 13. The number of anilines is 1. The number of carbonyl (C=O) groups excluding carboxylic acids is 3. The van der Waals surface area contributed by atoms with Gasteiger partial charge in [0.25, 0.3) is 5.91 Å². The van der Waals surface area contributed by atoms with Crippen LogP contribution in [-0.4, -0.2) is 82.7 Å². The molecule has 0 radical (unpaired) electrons. The van der Waals surface area contributed by atoms with Crippen LogP contribution in [-0.2, 0) is 25.7 Å². The fourth-order valence-electron chi connectivity index (χ4n) is 8.06. The van der Waals surface area contributed by atoms with Crippen LogP contribution in [0.5, 0.6) is 5.75 Å². The molecule has 9 nitrogen and oxygen atoms in total. The van der Waals surface area contributed by atoms with Gasteiger partial charge in [0.2, 0.25) is 11.8 Å². The highest BCUT2D eigenvalue weighted by atomic mass is 16.5. The van der Waals surface area contributed by atoms with Crippen LogP contribution in [0.15, 0.2) is 79.9 Å². The molecule has 2 bridgehead atoms. The summed E-state index contributed by atoms with van der Waals surface area (Å²) >= 11 is 0. The number of amides is 3. The van der Waals surface area contributed by atoms with Crippen molar-refractivity contribution < 1.29 is 29.0 Å². The quantitative estimate of drug-likeness (QED) is 0.329. The van der Waals surface area contributed by atoms with E-state index >= 15 is 0 Å². The summed E-state index contributed by atoms with van der Waals surface area (Å²) in [5.41, 5.74) is -0.665. The summed E-state index contributed by atoms with van der Waals surface area (Å²) in [5, 5.41) is 10.6. The van der Waals surface area contributed by atoms with Gasteiger partial charge in [-0.15, -0.1) is 13.2 Å². The van der Waals surface area contributed by atoms with Crippen molar-refractivity contribution in [3.05, 3.63) is 85.5 Å². The van der Waals surface area contributed by atoms with Crippen molar-refractivity contribution in [1.29, 1.82) is 0 Å². The van der Waals surface area contributed by atoms with Crippen LogP contribution in [0.2, 0.25) is 0 Å². The molecule has 7 atom stereocenters. The number of hydrogen-bond donors (Lipinski definition) is 1. The maximum absolute atomic E-state index is 15.0. The average Bonchev–Trinajstić information content (AvgIpc) is 3.56. The van der Waals surface area contributed by atoms with Crippen molar-refractivity contribution in [2.24, 2.45) is 23.7 Å². The van der Waals surface area contributed by atoms with Gasteiger partial charge in [-0.3, -0.25) is 14.4 Å². The number of likely N-dealkylation sites (tertiary alicyclic amines) is 1. The van der Waals surface area contributed by atoms with Crippen LogP contribution in [0.4, 0.5) is 5.69 Å². The largest absolute Gasteiger partial charge is 0.497 e. The fraction of sp³-hybridized carbons (Fsp3) is 0.486. The molecule has 46 heavy (non-hydrogen) atoms. The first-order valence-electron chi connectivity index (χ1n) is 16.1. The Morgan fingerprint density at radius 2 is 1.74 bits per heavy atom. The van der Waals surface area contributed by atoms with Gasteiger partial charge < -0.3 is 29.3 Å². The maximum Gasteiger partial charge on any atom is 0.253 e. The van der Waals surface area contributed by atoms with Crippen LogP contribution >= 0.6 is 0 Å². The molecule has 3 unspecified atom stereocenters. The number of carbonyl (C=O) groups is 3. The van der Waals surface area contributed by atoms with Gasteiger partial charge in [-0.05, 0) is 55.0 Å². The number of hydrogen-bond acceptors (Lipinski definition) is 6. The Morgan fingerprint density at radius 1 is 1.09 bits per heavy atom. The van der Waals surface area contributed by atoms with Gasteiger partial charge in [-0.2, -0.15) is 0 Å². The predicted molar refractivity (Wildman–Crippen MR) is 177 cm³/mol. The number of fused-ring (bicyclic) bond motifs is 1. The Balaban J connectivity index is 1.63. The first-order chi connectivity index (χ1) is 22.0. The molecular weight excluding hydrogens is 582 g/mol. The first kappa shape index (κ1) is 33.4. The Labute approximate surface area is 272 Å². The van der Waals surface area contributed by atoms with E-state index in [2.05, 4.69) is 13.2 Å². The second kappa shape index (κ2) is 13.0. The number of methoxy groups -OCH3 is 1. The number of aliphatic hydroxyl groups is 1. The Hall–Kier alpha value is -3.95. The normalized spacial score (nSPS) is 28.6. The topological polar surface area (TPSA) is 99.6 Å². The summed E-state index contributed by atoms with van der Waals surface area (Å²) in [6.07, 6.45) is 3.76. The second-order valence-electron chi connectivity index (χ2n) is 13.4. The third kappa shape index (κ3) is 5.33. The van der Waals surface area contributed by atoms with Gasteiger partial charge >= 0.3 is 0 Å². The van der Waals surface area contributed by atoms with Crippen LogP contribution in [0, 0.1) is 23.7 Å². The second-order valence-corrected chi connectivity index (χ2v) is 13.4. The van der Waals surface area contributed by atoms with E-state index in [1.165, 1.54) is 0 Å².